The maximum absolute atomic E-state index is 9.91. The first-order valence-corrected chi connectivity index (χ1v) is 12.6. The molecule has 0 heterocycles. The maximum Gasteiger partial charge on any atom is 0.175 e. The van der Waals surface area contributed by atoms with Gasteiger partial charge in [0.2, 0.25) is 0 Å². The summed E-state index contributed by atoms with van der Waals surface area (Å²) >= 11 is 3.66. The minimum absolute atomic E-state index is 0.416. The Balaban J connectivity index is 1.44. The van der Waals surface area contributed by atoms with Crippen molar-refractivity contribution < 1.29 is 9.47 Å². The molecule has 0 aliphatic heterocycles. The van der Waals surface area contributed by atoms with Crippen LogP contribution >= 0.6 is 15.9 Å². The van der Waals surface area contributed by atoms with E-state index in [2.05, 4.69) is 64.5 Å². The molecule has 176 valence electrons. The van der Waals surface area contributed by atoms with Crippen LogP contribution in [0.5, 0.6) is 11.5 Å². The molecule has 0 bridgehead atoms. The van der Waals surface area contributed by atoms with Gasteiger partial charge in [-0.05, 0) is 91.4 Å². The van der Waals surface area contributed by atoms with Crippen LogP contribution in [0.25, 0.3) is 33.2 Å². The molecule has 0 fully saturated rings. The fraction of sp³-hybridized carbons (Fsp3) is 0.0938. The Bertz CT molecular complexity index is 1630. The van der Waals surface area contributed by atoms with Gasteiger partial charge in [-0.25, -0.2) is 0 Å². The van der Waals surface area contributed by atoms with Gasteiger partial charge in [0.1, 0.15) is 6.61 Å². The Morgan fingerprint density at radius 3 is 2.17 bits per heavy atom. The standard InChI is InChI=1S/C32H24BrNO2/c1-2-35-31-18-23(16-29(20-34)28-14-13-25-8-4-6-10-27(25)19-28)17-30(33)32(31)36-21-22-11-12-24-7-3-5-9-26(24)15-22/h3-19H,2,21H2,1H3/b29-16-. The number of nitriles is 1. The maximum atomic E-state index is 9.91. The fourth-order valence-electron chi connectivity index (χ4n) is 4.26. The van der Waals surface area contributed by atoms with Gasteiger partial charge < -0.3 is 9.47 Å². The Morgan fingerprint density at radius 2 is 1.47 bits per heavy atom. The van der Waals surface area contributed by atoms with E-state index in [1.165, 1.54) is 10.8 Å². The van der Waals surface area contributed by atoms with Gasteiger partial charge in [-0.15, -0.1) is 0 Å². The number of benzene rings is 5. The second kappa shape index (κ2) is 10.7. The lowest BCUT2D eigenvalue weighted by atomic mass is 10.00. The zero-order valence-corrected chi connectivity index (χ0v) is 21.5. The summed E-state index contributed by atoms with van der Waals surface area (Å²) in [4.78, 5) is 0. The van der Waals surface area contributed by atoms with Crippen molar-refractivity contribution in [1.29, 1.82) is 5.26 Å². The molecular formula is C32H24BrNO2. The molecule has 0 saturated heterocycles. The molecular weight excluding hydrogens is 510 g/mol. The SMILES string of the molecule is CCOc1cc(/C=C(/C#N)c2ccc3ccccc3c2)cc(Br)c1OCc1ccc2ccccc2c1. The summed E-state index contributed by atoms with van der Waals surface area (Å²) in [5.41, 5.74) is 3.39. The number of ether oxygens (including phenoxy) is 2. The van der Waals surface area contributed by atoms with Crippen LogP contribution in [-0.2, 0) is 6.61 Å². The van der Waals surface area contributed by atoms with Crippen molar-refractivity contribution in [2.24, 2.45) is 0 Å². The number of hydrogen-bond acceptors (Lipinski definition) is 3. The quantitative estimate of drug-likeness (QED) is 0.155. The van der Waals surface area contributed by atoms with Crippen molar-refractivity contribution in [2.45, 2.75) is 13.5 Å². The van der Waals surface area contributed by atoms with E-state index in [0.29, 0.717) is 30.3 Å². The molecule has 0 unspecified atom stereocenters. The van der Waals surface area contributed by atoms with Gasteiger partial charge in [-0.3, -0.25) is 0 Å². The van der Waals surface area contributed by atoms with Crippen molar-refractivity contribution in [3.8, 4) is 17.6 Å². The predicted molar refractivity (Wildman–Crippen MR) is 151 cm³/mol. The number of rotatable bonds is 7. The van der Waals surface area contributed by atoms with E-state index in [4.69, 9.17) is 9.47 Å². The van der Waals surface area contributed by atoms with Gasteiger partial charge in [0.05, 0.1) is 22.7 Å². The predicted octanol–water partition coefficient (Wildman–Crippen LogP) is 8.80. The van der Waals surface area contributed by atoms with Gasteiger partial charge >= 0.3 is 0 Å². The summed E-state index contributed by atoms with van der Waals surface area (Å²) in [6.45, 7) is 2.86. The average Bonchev–Trinajstić information content (AvgIpc) is 2.91. The third-order valence-electron chi connectivity index (χ3n) is 6.02. The van der Waals surface area contributed by atoms with Gasteiger partial charge in [-0.1, -0.05) is 72.8 Å². The van der Waals surface area contributed by atoms with E-state index in [0.717, 1.165) is 31.9 Å². The Hall–Kier alpha value is -4.07. The van der Waals surface area contributed by atoms with E-state index >= 15 is 0 Å². The third kappa shape index (κ3) is 5.12. The molecule has 0 atom stereocenters. The van der Waals surface area contributed by atoms with Gasteiger partial charge in [-0.2, -0.15) is 5.26 Å². The van der Waals surface area contributed by atoms with E-state index in [-0.39, 0.29) is 0 Å². The van der Waals surface area contributed by atoms with Crippen LogP contribution in [0.3, 0.4) is 0 Å². The van der Waals surface area contributed by atoms with Gasteiger partial charge in [0.15, 0.2) is 11.5 Å². The summed E-state index contributed by atoms with van der Waals surface area (Å²) in [5, 5.41) is 14.5. The number of hydrogen-bond donors (Lipinski definition) is 0. The first kappa shape index (κ1) is 23.7. The van der Waals surface area contributed by atoms with E-state index in [1.807, 2.05) is 67.6 Å². The Morgan fingerprint density at radius 1 is 0.806 bits per heavy atom. The molecule has 4 heteroatoms. The van der Waals surface area contributed by atoms with Crippen LogP contribution in [-0.4, -0.2) is 6.61 Å². The molecule has 0 spiro atoms. The highest BCUT2D eigenvalue weighted by molar-refractivity contribution is 9.10. The Labute approximate surface area is 219 Å². The molecule has 5 aromatic rings. The summed E-state index contributed by atoms with van der Waals surface area (Å²) < 4.78 is 12.9. The van der Waals surface area contributed by atoms with Crippen LogP contribution < -0.4 is 9.47 Å². The summed E-state index contributed by atoms with van der Waals surface area (Å²) in [6, 6.07) is 35.0. The molecule has 3 nitrogen and oxygen atoms in total. The summed E-state index contributed by atoms with van der Waals surface area (Å²) in [7, 11) is 0. The van der Waals surface area contributed by atoms with E-state index in [1.54, 1.807) is 0 Å². The number of fused-ring (bicyclic) bond motifs is 2. The summed E-state index contributed by atoms with van der Waals surface area (Å²) in [5.74, 6) is 1.28. The Kier molecular flexibility index (Phi) is 7.02. The highest BCUT2D eigenvalue weighted by atomic mass is 79.9. The van der Waals surface area contributed by atoms with Crippen molar-refractivity contribution in [2.75, 3.05) is 6.61 Å². The van der Waals surface area contributed by atoms with Crippen LogP contribution in [0, 0.1) is 11.3 Å². The zero-order chi connectivity index (χ0) is 24.9. The minimum atomic E-state index is 0.416. The fourth-order valence-corrected chi connectivity index (χ4v) is 4.84. The first-order valence-electron chi connectivity index (χ1n) is 11.8. The molecule has 0 saturated carbocycles. The molecule has 36 heavy (non-hydrogen) atoms. The van der Waals surface area contributed by atoms with Crippen LogP contribution in [0.2, 0.25) is 0 Å². The second-order valence-electron chi connectivity index (χ2n) is 8.46. The lowest BCUT2D eigenvalue weighted by Gasteiger charge is -2.15. The average molecular weight is 534 g/mol. The lowest BCUT2D eigenvalue weighted by Crippen LogP contribution is -2.01. The second-order valence-corrected chi connectivity index (χ2v) is 9.32. The largest absolute Gasteiger partial charge is 0.490 e. The third-order valence-corrected chi connectivity index (χ3v) is 6.61. The molecule has 0 aliphatic carbocycles. The highest BCUT2D eigenvalue weighted by Gasteiger charge is 2.13. The van der Waals surface area contributed by atoms with Crippen LogP contribution in [0.15, 0.2) is 102 Å². The molecule has 0 aromatic heterocycles. The van der Waals surface area contributed by atoms with Crippen LogP contribution in [0.1, 0.15) is 23.6 Å². The molecule has 0 aliphatic rings. The molecule has 0 N–H and O–H groups in total. The smallest absolute Gasteiger partial charge is 0.175 e. The molecule has 0 radical (unpaired) electrons. The van der Waals surface area contributed by atoms with Crippen molar-refractivity contribution >= 4 is 49.1 Å². The first-order chi connectivity index (χ1) is 17.6. The normalized spacial score (nSPS) is 11.4. The number of halogens is 1. The number of allylic oxidation sites excluding steroid dienone is 1. The van der Waals surface area contributed by atoms with Gasteiger partial charge in [0.25, 0.3) is 0 Å². The lowest BCUT2D eigenvalue weighted by molar-refractivity contribution is 0.267. The van der Waals surface area contributed by atoms with Crippen molar-refractivity contribution in [1.82, 2.24) is 0 Å². The molecule has 5 aromatic carbocycles. The monoisotopic (exact) mass is 533 g/mol. The zero-order valence-electron chi connectivity index (χ0n) is 19.9. The van der Waals surface area contributed by atoms with E-state index in [9.17, 15) is 5.26 Å². The van der Waals surface area contributed by atoms with Crippen LogP contribution in [0.4, 0.5) is 0 Å². The topological polar surface area (TPSA) is 42.2 Å². The molecule has 5 rings (SSSR count). The minimum Gasteiger partial charge on any atom is -0.490 e. The molecule has 0 amide bonds. The number of nitrogens with zero attached hydrogens (tertiary/aromatic N) is 1. The van der Waals surface area contributed by atoms with Crippen molar-refractivity contribution in [3.05, 3.63) is 118 Å². The highest BCUT2D eigenvalue weighted by Crippen LogP contribution is 2.38. The van der Waals surface area contributed by atoms with Crippen molar-refractivity contribution in [3.63, 3.8) is 0 Å². The van der Waals surface area contributed by atoms with E-state index < -0.39 is 0 Å². The van der Waals surface area contributed by atoms with Gasteiger partial charge in [0, 0.05) is 0 Å². The summed E-state index contributed by atoms with van der Waals surface area (Å²) in [6.07, 6.45) is 1.88.